The smallest absolute Gasteiger partial charge is 0.245 e. The quantitative estimate of drug-likeness (QED) is 0.549. The van der Waals surface area contributed by atoms with Gasteiger partial charge in [-0.15, -0.1) is 0 Å². The van der Waals surface area contributed by atoms with Crippen molar-refractivity contribution in [3.63, 3.8) is 0 Å². The zero-order valence-electron chi connectivity index (χ0n) is 8.27. The summed E-state index contributed by atoms with van der Waals surface area (Å²) in [5, 5.41) is -0.432. The molecule has 0 aromatic rings. The first-order chi connectivity index (χ1) is 8.10. The second kappa shape index (κ2) is 3.89. The lowest BCUT2D eigenvalue weighted by atomic mass is 10.2. The Hall–Kier alpha value is -1.22. The van der Waals surface area contributed by atoms with Crippen LogP contribution in [0.4, 0.5) is 26.3 Å². The highest BCUT2D eigenvalue weighted by Gasteiger charge is 2.47. The topological polar surface area (TPSA) is 27.6 Å². The maximum atomic E-state index is 12.5. The minimum atomic E-state index is -4.75. The van der Waals surface area contributed by atoms with Crippen LogP contribution >= 0.6 is 11.6 Å². The van der Waals surface area contributed by atoms with E-state index in [1.54, 1.807) is 5.43 Å². The highest BCUT2D eigenvalue weighted by atomic mass is 35.5. The molecular formula is C8H4ClF6N3. The van der Waals surface area contributed by atoms with Gasteiger partial charge in [-0.3, -0.25) is 0 Å². The molecule has 2 aliphatic rings. The van der Waals surface area contributed by atoms with Crippen molar-refractivity contribution in [2.45, 2.75) is 18.5 Å². The molecule has 0 fully saturated rings. The molecule has 0 spiro atoms. The van der Waals surface area contributed by atoms with Gasteiger partial charge in [-0.2, -0.15) is 31.8 Å². The van der Waals surface area contributed by atoms with Gasteiger partial charge < -0.3 is 0 Å². The van der Waals surface area contributed by atoms with Gasteiger partial charge in [0.2, 0.25) is 6.17 Å². The van der Waals surface area contributed by atoms with Crippen molar-refractivity contribution in [3.05, 3.63) is 22.9 Å². The molecule has 0 aromatic carbocycles. The van der Waals surface area contributed by atoms with E-state index in [-0.39, 0.29) is 5.84 Å². The molecule has 0 bridgehead atoms. The van der Waals surface area contributed by atoms with Crippen molar-refractivity contribution < 1.29 is 26.3 Å². The third kappa shape index (κ3) is 2.19. The molecule has 2 rings (SSSR count). The molecular weight excluding hydrogens is 288 g/mol. The number of hydrogen-bond donors (Lipinski definition) is 1. The summed E-state index contributed by atoms with van der Waals surface area (Å²) in [4.78, 5) is 3.18. The summed E-state index contributed by atoms with van der Waals surface area (Å²) in [6, 6.07) is 0. The lowest BCUT2D eigenvalue weighted by molar-refractivity contribution is -0.156. The van der Waals surface area contributed by atoms with Crippen LogP contribution in [0.25, 0.3) is 0 Å². The molecule has 0 aromatic heterocycles. The average molecular weight is 292 g/mol. The van der Waals surface area contributed by atoms with Crippen LogP contribution in [0.5, 0.6) is 0 Å². The van der Waals surface area contributed by atoms with E-state index < -0.39 is 29.2 Å². The second-order valence-corrected chi connectivity index (χ2v) is 3.79. The van der Waals surface area contributed by atoms with Gasteiger partial charge in [0.15, 0.2) is 0 Å². The Bertz CT molecular complexity index is 460. The molecule has 2 heterocycles. The molecule has 18 heavy (non-hydrogen) atoms. The summed E-state index contributed by atoms with van der Waals surface area (Å²) in [6.07, 6.45) is -10.4. The molecule has 1 unspecified atom stereocenters. The maximum absolute atomic E-state index is 12.5. The first-order valence-corrected chi connectivity index (χ1v) is 4.84. The number of nitrogens with zero attached hydrogens (tertiary/aromatic N) is 2. The van der Waals surface area contributed by atoms with Crippen molar-refractivity contribution in [2.24, 2.45) is 4.99 Å². The van der Waals surface area contributed by atoms with E-state index in [0.717, 1.165) is 6.08 Å². The van der Waals surface area contributed by atoms with Gasteiger partial charge in [-0.05, 0) is 12.2 Å². The average Bonchev–Trinajstić information content (AvgIpc) is 2.59. The van der Waals surface area contributed by atoms with Crippen LogP contribution in [-0.4, -0.2) is 29.4 Å². The molecule has 0 saturated heterocycles. The normalized spacial score (nSPS) is 24.5. The number of alkyl halides is 6. The van der Waals surface area contributed by atoms with E-state index in [1.807, 2.05) is 0 Å². The van der Waals surface area contributed by atoms with Gasteiger partial charge in [0, 0.05) is 0 Å². The summed E-state index contributed by atoms with van der Waals surface area (Å²) >= 11 is 5.41. The Morgan fingerprint density at radius 2 is 1.78 bits per heavy atom. The summed E-state index contributed by atoms with van der Waals surface area (Å²) in [5.74, 6) is -0.324. The molecule has 0 radical (unpaired) electrons. The number of allylic oxidation sites excluding steroid dienone is 2. The van der Waals surface area contributed by atoms with Crippen LogP contribution in [0.3, 0.4) is 0 Å². The summed E-state index contributed by atoms with van der Waals surface area (Å²) in [6.45, 7) is 0. The second-order valence-electron chi connectivity index (χ2n) is 3.43. The molecule has 1 atom stereocenters. The Balaban J connectivity index is 2.33. The molecule has 1 N–H and O–H groups in total. The molecule has 100 valence electrons. The van der Waals surface area contributed by atoms with Gasteiger partial charge in [0.1, 0.15) is 11.0 Å². The fourth-order valence-electron chi connectivity index (χ4n) is 1.39. The third-order valence-corrected chi connectivity index (χ3v) is 2.55. The van der Waals surface area contributed by atoms with Crippen molar-refractivity contribution in [1.82, 2.24) is 10.4 Å². The summed E-state index contributed by atoms with van der Waals surface area (Å²) in [5.41, 5.74) is 0.511. The third-order valence-electron chi connectivity index (χ3n) is 2.17. The molecule has 0 aliphatic carbocycles. The van der Waals surface area contributed by atoms with Gasteiger partial charge in [-0.1, -0.05) is 11.6 Å². The van der Waals surface area contributed by atoms with Gasteiger partial charge in [0.25, 0.3) is 0 Å². The first-order valence-electron chi connectivity index (χ1n) is 4.46. The SMILES string of the molecule is FC(F)(F)C1=C(Cl)N2NC(C(F)(F)F)N=C2C=C1. The number of fused-ring (bicyclic) bond motifs is 1. The molecule has 10 heteroatoms. The number of hydrazine groups is 1. The zero-order chi connectivity index (χ0) is 13.7. The standard InChI is InChI=1S/C8H4ClF6N3/c9-5-3(7(10,11)12)1-2-4-16-6(8(13,14)15)17-18(4)5/h1-2,6,17H. The van der Waals surface area contributed by atoms with Crippen molar-refractivity contribution in [3.8, 4) is 0 Å². The number of halogens is 7. The highest BCUT2D eigenvalue weighted by Crippen LogP contribution is 2.36. The van der Waals surface area contributed by atoms with Crippen molar-refractivity contribution in [2.75, 3.05) is 0 Å². The van der Waals surface area contributed by atoms with Crippen LogP contribution in [0.2, 0.25) is 0 Å². The molecule has 0 saturated carbocycles. The van der Waals surface area contributed by atoms with Crippen LogP contribution < -0.4 is 5.43 Å². The predicted molar refractivity (Wildman–Crippen MR) is 50.3 cm³/mol. The van der Waals surface area contributed by atoms with Crippen LogP contribution in [0, 0.1) is 0 Å². The summed E-state index contributed by atoms with van der Waals surface area (Å²) in [7, 11) is 0. The number of nitrogens with one attached hydrogen (secondary N) is 1. The number of rotatable bonds is 0. The Labute approximate surface area is 101 Å². The Morgan fingerprint density at radius 1 is 1.17 bits per heavy atom. The fraction of sp³-hybridized carbons (Fsp3) is 0.375. The lowest BCUT2D eigenvalue weighted by Crippen LogP contribution is -2.46. The Morgan fingerprint density at radius 3 is 2.28 bits per heavy atom. The number of amidine groups is 1. The predicted octanol–water partition coefficient (Wildman–Crippen LogP) is 2.68. The van der Waals surface area contributed by atoms with E-state index in [2.05, 4.69) is 4.99 Å². The van der Waals surface area contributed by atoms with Crippen LogP contribution in [-0.2, 0) is 0 Å². The number of hydrogen-bond acceptors (Lipinski definition) is 3. The summed E-state index contributed by atoms with van der Waals surface area (Å²) < 4.78 is 74.5. The van der Waals surface area contributed by atoms with Crippen molar-refractivity contribution in [1.29, 1.82) is 0 Å². The van der Waals surface area contributed by atoms with E-state index in [9.17, 15) is 26.3 Å². The Kier molecular flexibility index (Phi) is 2.85. The fourth-order valence-corrected chi connectivity index (χ4v) is 1.69. The van der Waals surface area contributed by atoms with E-state index in [4.69, 9.17) is 11.6 Å². The van der Waals surface area contributed by atoms with E-state index in [0.29, 0.717) is 11.1 Å². The monoisotopic (exact) mass is 291 g/mol. The highest BCUT2D eigenvalue weighted by molar-refractivity contribution is 6.31. The van der Waals surface area contributed by atoms with Gasteiger partial charge in [-0.25, -0.2) is 10.0 Å². The van der Waals surface area contributed by atoms with E-state index >= 15 is 0 Å². The van der Waals surface area contributed by atoms with Gasteiger partial charge in [0.05, 0.1) is 5.57 Å². The molecule has 2 aliphatic heterocycles. The largest absolute Gasteiger partial charge is 0.425 e. The first kappa shape index (κ1) is 13.2. The minimum absolute atomic E-state index is 0.324. The van der Waals surface area contributed by atoms with Crippen molar-refractivity contribution >= 4 is 17.4 Å². The maximum Gasteiger partial charge on any atom is 0.425 e. The van der Waals surface area contributed by atoms with Crippen LogP contribution in [0.1, 0.15) is 0 Å². The van der Waals surface area contributed by atoms with Gasteiger partial charge >= 0.3 is 12.4 Å². The minimum Gasteiger partial charge on any atom is -0.245 e. The molecule has 3 nitrogen and oxygen atoms in total. The van der Waals surface area contributed by atoms with E-state index in [1.165, 1.54) is 0 Å². The lowest BCUT2D eigenvalue weighted by Gasteiger charge is -2.25. The molecule has 0 amide bonds. The van der Waals surface area contributed by atoms with Crippen LogP contribution in [0.15, 0.2) is 27.9 Å². The zero-order valence-corrected chi connectivity index (χ0v) is 9.03. The number of aliphatic imine (C=N–C) groups is 1.